The Morgan fingerprint density at radius 3 is 2.61 bits per heavy atom. The third kappa shape index (κ3) is 2.37. The number of rotatable bonds is 1. The highest BCUT2D eigenvalue weighted by molar-refractivity contribution is 6.04. The first-order chi connectivity index (χ1) is 8.28. The molecule has 1 N–H and O–H groups in total. The van der Waals surface area contributed by atoms with Crippen LogP contribution < -0.4 is 0 Å². The number of carbonyl (C=O) groups excluding carboxylic acids is 1. The van der Waals surface area contributed by atoms with Gasteiger partial charge in [0.25, 0.3) is 0 Å². The monoisotopic (exact) mass is 249 g/mol. The average molecular weight is 249 g/mol. The van der Waals surface area contributed by atoms with E-state index in [0.29, 0.717) is 22.0 Å². The number of aromatic nitrogens is 1. The van der Waals surface area contributed by atoms with Gasteiger partial charge in [0.15, 0.2) is 0 Å². The van der Waals surface area contributed by atoms with Gasteiger partial charge in [-0.1, -0.05) is 0 Å². The van der Waals surface area contributed by atoms with Gasteiger partial charge < -0.3 is 9.72 Å². The van der Waals surface area contributed by atoms with E-state index in [1.165, 1.54) is 6.07 Å². The zero-order chi connectivity index (χ0) is 13.5. The maximum atomic E-state index is 13.4. The molecule has 0 aliphatic heterocycles. The molecule has 0 atom stereocenters. The van der Waals surface area contributed by atoms with Crippen LogP contribution in [0.5, 0.6) is 0 Å². The fourth-order valence-electron chi connectivity index (χ4n) is 1.75. The van der Waals surface area contributed by atoms with Crippen molar-refractivity contribution in [1.82, 2.24) is 4.98 Å². The highest BCUT2D eigenvalue weighted by Gasteiger charge is 2.21. The van der Waals surface area contributed by atoms with Gasteiger partial charge in [0.2, 0.25) is 0 Å². The molecule has 0 spiro atoms. The fourth-order valence-corrected chi connectivity index (χ4v) is 1.75. The Bertz CT molecular complexity index is 608. The molecule has 0 aliphatic rings. The SMILES string of the molecule is Cc1cc2c(C(=O)OC(C)(C)C)c[nH]c2cc1F. The number of hydrogen-bond acceptors (Lipinski definition) is 2. The third-order valence-corrected chi connectivity index (χ3v) is 2.58. The van der Waals surface area contributed by atoms with Crippen molar-refractivity contribution in [1.29, 1.82) is 0 Å². The van der Waals surface area contributed by atoms with Crippen molar-refractivity contribution in [2.24, 2.45) is 0 Å². The molecule has 2 aromatic rings. The lowest BCUT2D eigenvalue weighted by Crippen LogP contribution is -2.23. The van der Waals surface area contributed by atoms with Crippen LogP contribution in [-0.4, -0.2) is 16.6 Å². The van der Waals surface area contributed by atoms with E-state index in [-0.39, 0.29) is 5.82 Å². The summed E-state index contributed by atoms with van der Waals surface area (Å²) < 4.78 is 18.7. The minimum absolute atomic E-state index is 0.292. The first-order valence-electron chi connectivity index (χ1n) is 5.78. The highest BCUT2D eigenvalue weighted by Crippen LogP contribution is 2.24. The van der Waals surface area contributed by atoms with Gasteiger partial charge in [-0.3, -0.25) is 0 Å². The van der Waals surface area contributed by atoms with Crippen LogP contribution in [0.2, 0.25) is 0 Å². The van der Waals surface area contributed by atoms with Crippen LogP contribution in [0.3, 0.4) is 0 Å². The van der Waals surface area contributed by atoms with Gasteiger partial charge in [-0.05, 0) is 45.4 Å². The zero-order valence-electron chi connectivity index (χ0n) is 10.9. The summed E-state index contributed by atoms with van der Waals surface area (Å²) in [5.41, 5.74) is 0.990. The van der Waals surface area contributed by atoms with Crippen molar-refractivity contribution < 1.29 is 13.9 Å². The van der Waals surface area contributed by atoms with Crippen LogP contribution in [-0.2, 0) is 4.74 Å². The van der Waals surface area contributed by atoms with Crippen molar-refractivity contribution in [2.75, 3.05) is 0 Å². The van der Waals surface area contributed by atoms with Gasteiger partial charge in [0, 0.05) is 17.1 Å². The standard InChI is InChI=1S/C14H16FNO2/c1-8-5-9-10(13(17)18-14(2,3)4)7-16-12(9)6-11(8)15/h5-7,16H,1-4H3. The lowest BCUT2D eigenvalue weighted by molar-refractivity contribution is 0.00719. The van der Waals surface area contributed by atoms with E-state index >= 15 is 0 Å². The number of fused-ring (bicyclic) bond motifs is 1. The van der Waals surface area contributed by atoms with E-state index in [0.717, 1.165) is 0 Å². The molecule has 0 unspecified atom stereocenters. The number of aryl methyl sites for hydroxylation is 1. The van der Waals surface area contributed by atoms with Crippen LogP contribution in [0.15, 0.2) is 18.3 Å². The van der Waals surface area contributed by atoms with Crippen molar-refractivity contribution in [2.45, 2.75) is 33.3 Å². The molecule has 0 saturated heterocycles. The Kier molecular flexibility index (Phi) is 2.89. The van der Waals surface area contributed by atoms with Crippen LogP contribution in [0.25, 0.3) is 10.9 Å². The predicted octanol–water partition coefficient (Wildman–Crippen LogP) is 3.57. The van der Waals surface area contributed by atoms with Crippen LogP contribution in [0.4, 0.5) is 4.39 Å². The lowest BCUT2D eigenvalue weighted by atomic mass is 10.1. The quantitative estimate of drug-likeness (QED) is 0.785. The second kappa shape index (κ2) is 4.12. The fraction of sp³-hybridized carbons (Fsp3) is 0.357. The predicted molar refractivity (Wildman–Crippen MR) is 68.2 cm³/mol. The molecule has 0 fully saturated rings. The number of aromatic amines is 1. The van der Waals surface area contributed by atoms with E-state index in [9.17, 15) is 9.18 Å². The Morgan fingerprint density at radius 1 is 1.33 bits per heavy atom. The van der Waals surface area contributed by atoms with Gasteiger partial charge in [0.05, 0.1) is 5.56 Å². The molecule has 4 heteroatoms. The molecule has 1 heterocycles. The zero-order valence-corrected chi connectivity index (χ0v) is 10.9. The Hall–Kier alpha value is -1.84. The summed E-state index contributed by atoms with van der Waals surface area (Å²) in [6.45, 7) is 7.10. The molecule has 3 nitrogen and oxygen atoms in total. The van der Waals surface area contributed by atoms with Crippen molar-refractivity contribution >= 4 is 16.9 Å². The molecule has 18 heavy (non-hydrogen) atoms. The smallest absolute Gasteiger partial charge is 0.340 e. The molecular weight excluding hydrogens is 233 g/mol. The van der Waals surface area contributed by atoms with Crippen molar-refractivity contribution in [3.63, 3.8) is 0 Å². The number of carbonyl (C=O) groups is 1. The van der Waals surface area contributed by atoms with Gasteiger partial charge in [-0.15, -0.1) is 0 Å². The number of hydrogen-bond donors (Lipinski definition) is 1. The molecular formula is C14H16FNO2. The number of ether oxygens (including phenoxy) is 1. The average Bonchev–Trinajstić information content (AvgIpc) is 2.59. The Labute approximate surface area is 105 Å². The summed E-state index contributed by atoms with van der Waals surface area (Å²) in [4.78, 5) is 14.9. The number of nitrogens with one attached hydrogen (secondary N) is 1. The summed E-state index contributed by atoms with van der Waals surface area (Å²) in [7, 11) is 0. The Morgan fingerprint density at radius 2 is 2.00 bits per heavy atom. The molecule has 2 rings (SSSR count). The number of esters is 1. The maximum Gasteiger partial charge on any atom is 0.340 e. The summed E-state index contributed by atoms with van der Waals surface area (Å²) in [6, 6.07) is 3.04. The van der Waals surface area contributed by atoms with Crippen molar-refractivity contribution in [3.8, 4) is 0 Å². The van der Waals surface area contributed by atoms with E-state index in [1.807, 2.05) is 20.8 Å². The van der Waals surface area contributed by atoms with Gasteiger partial charge >= 0.3 is 5.97 Å². The first kappa shape index (κ1) is 12.6. The van der Waals surface area contributed by atoms with Crippen LogP contribution in [0, 0.1) is 12.7 Å². The molecule has 1 aromatic carbocycles. The summed E-state index contributed by atoms with van der Waals surface area (Å²) in [6.07, 6.45) is 1.55. The summed E-state index contributed by atoms with van der Waals surface area (Å²) in [5.74, 6) is -0.695. The number of H-pyrrole nitrogens is 1. The minimum Gasteiger partial charge on any atom is -0.456 e. The minimum atomic E-state index is -0.546. The van der Waals surface area contributed by atoms with Gasteiger partial charge in [-0.2, -0.15) is 0 Å². The normalized spacial score (nSPS) is 11.8. The third-order valence-electron chi connectivity index (χ3n) is 2.58. The number of halogens is 1. The molecule has 1 aromatic heterocycles. The molecule has 0 radical (unpaired) electrons. The van der Waals surface area contributed by atoms with Gasteiger partial charge in [-0.25, -0.2) is 9.18 Å². The van der Waals surface area contributed by atoms with E-state index in [4.69, 9.17) is 4.74 Å². The maximum absolute atomic E-state index is 13.4. The largest absolute Gasteiger partial charge is 0.456 e. The summed E-state index contributed by atoms with van der Waals surface area (Å²) in [5, 5.41) is 0.683. The summed E-state index contributed by atoms with van der Waals surface area (Å²) >= 11 is 0. The highest BCUT2D eigenvalue weighted by atomic mass is 19.1. The Balaban J connectivity index is 2.46. The molecule has 0 saturated carbocycles. The second-order valence-electron chi connectivity index (χ2n) is 5.35. The number of benzene rings is 1. The van der Waals surface area contributed by atoms with E-state index < -0.39 is 11.6 Å². The van der Waals surface area contributed by atoms with E-state index in [2.05, 4.69) is 4.98 Å². The topological polar surface area (TPSA) is 42.1 Å². The molecule has 0 bridgehead atoms. The van der Waals surface area contributed by atoms with Gasteiger partial charge in [0.1, 0.15) is 11.4 Å². The lowest BCUT2D eigenvalue weighted by Gasteiger charge is -2.19. The first-order valence-corrected chi connectivity index (χ1v) is 5.78. The van der Waals surface area contributed by atoms with E-state index in [1.54, 1.807) is 19.2 Å². The molecule has 0 amide bonds. The molecule has 0 aliphatic carbocycles. The van der Waals surface area contributed by atoms with Crippen LogP contribution in [0.1, 0.15) is 36.7 Å². The van der Waals surface area contributed by atoms with Crippen molar-refractivity contribution in [3.05, 3.63) is 35.3 Å². The molecule has 96 valence electrons. The second-order valence-corrected chi connectivity index (χ2v) is 5.35. The van der Waals surface area contributed by atoms with Crippen LogP contribution >= 0.6 is 0 Å².